The number of amides is 2. The van der Waals surface area contributed by atoms with Gasteiger partial charge in [-0.2, -0.15) is 0 Å². The first kappa shape index (κ1) is 20.9. The SMILES string of the molecule is CCc1[nH]c2cc(C(C)=O)cc3c2c1C[C@@H]1C3C[C@H](NC(=O)N(CC)CC)CN1C. The summed E-state index contributed by atoms with van der Waals surface area (Å²) in [6.07, 6.45) is 2.89. The normalized spacial score (nSPS) is 23.3. The average molecular weight is 411 g/mol. The number of nitrogens with zero attached hydrogens (tertiary/aromatic N) is 2. The van der Waals surface area contributed by atoms with Crippen LogP contribution >= 0.6 is 0 Å². The van der Waals surface area contributed by atoms with Gasteiger partial charge in [-0.15, -0.1) is 0 Å². The number of piperidine rings is 1. The van der Waals surface area contributed by atoms with Crippen LogP contribution in [0.5, 0.6) is 0 Å². The van der Waals surface area contributed by atoms with Crippen molar-refractivity contribution >= 4 is 22.7 Å². The summed E-state index contributed by atoms with van der Waals surface area (Å²) in [6, 6.07) is 4.64. The first-order chi connectivity index (χ1) is 14.4. The highest BCUT2D eigenvalue weighted by Crippen LogP contribution is 2.45. The Bertz CT molecular complexity index is 975. The topological polar surface area (TPSA) is 68.4 Å². The second-order valence-corrected chi connectivity index (χ2v) is 8.85. The van der Waals surface area contributed by atoms with Gasteiger partial charge in [-0.05, 0) is 70.3 Å². The van der Waals surface area contributed by atoms with Crippen molar-refractivity contribution in [2.75, 3.05) is 26.7 Å². The van der Waals surface area contributed by atoms with E-state index in [2.05, 4.69) is 35.2 Å². The molecule has 0 spiro atoms. The van der Waals surface area contributed by atoms with Crippen molar-refractivity contribution < 1.29 is 9.59 Å². The Morgan fingerprint density at radius 1 is 1.23 bits per heavy atom. The molecule has 6 nitrogen and oxygen atoms in total. The van der Waals surface area contributed by atoms with E-state index >= 15 is 0 Å². The number of hydrogen-bond acceptors (Lipinski definition) is 3. The number of rotatable bonds is 5. The molecule has 2 aliphatic rings. The molecular formula is C24H34N4O2. The molecule has 30 heavy (non-hydrogen) atoms. The number of benzene rings is 1. The van der Waals surface area contributed by atoms with E-state index in [1.807, 2.05) is 24.8 Å². The summed E-state index contributed by atoms with van der Waals surface area (Å²) in [5.41, 5.74) is 5.83. The Labute approximate surface area is 179 Å². The highest BCUT2D eigenvalue weighted by Gasteiger charge is 2.41. The van der Waals surface area contributed by atoms with Crippen LogP contribution in [0.25, 0.3) is 10.9 Å². The van der Waals surface area contributed by atoms with E-state index in [0.29, 0.717) is 25.0 Å². The highest BCUT2D eigenvalue weighted by molar-refractivity contribution is 6.00. The van der Waals surface area contributed by atoms with E-state index in [1.165, 1.54) is 22.2 Å². The molecular weight excluding hydrogens is 376 g/mol. The fraction of sp³-hybridized carbons (Fsp3) is 0.583. The zero-order valence-electron chi connectivity index (χ0n) is 18.8. The molecule has 4 rings (SSSR count). The lowest BCUT2D eigenvalue weighted by molar-refractivity contribution is 0.101. The van der Waals surface area contributed by atoms with Crippen LogP contribution in [0.2, 0.25) is 0 Å². The van der Waals surface area contributed by atoms with Crippen LogP contribution in [-0.4, -0.2) is 65.4 Å². The molecule has 1 fully saturated rings. The predicted octanol–water partition coefficient (Wildman–Crippen LogP) is 3.70. The van der Waals surface area contributed by atoms with E-state index in [9.17, 15) is 9.59 Å². The molecule has 1 aliphatic carbocycles. The van der Waals surface area contributed by atoms with Crippen molar-refractivity contribution in [3.8, 4) is 0 Å². The molecule has 1 unspecified atom stereocenters. The summed E-state index contributed by atoms with van der Waals surface area (Å²) >= 11 is 0. The van der Waals surface area contributed by atoms with Gasteiger partial charge in [0, 0.05) is 59.8 Å². The lowest BCUT2D eigenvalue weighted by atomic mass is 9.73. The Morgan fingerprint density at radius 3 is 2.60 bits per heavy atom. The fourth-order valence-electron chi connectivity index (χ4n) is 5.56. The van der Waals surface area contributed by atoms with Gasteiger partial charge in [-0.25, -0.2) is 4.79 Å². The molecule has 2 N–H and O–H groups in total. The van der Waals surface area contributed by atoms with E-state index < -0.39 is 0 Å². The van der Waals surface area contributed by atoms with Gasteiger partial charge in [0.2, 0.25) is 0 Å². The van der Waals surface area contributed by atoms with Crippen molar-refractivity contribution in [1.29, 1.82) is 0 Å². The quantitative estimate of drug-likeness (QED) is 0.739. The molecule has 6 heteroatoms. The molecule has 1 saturated heterocycles. The van der Waals surface area contributed by atoms with Crippen molar-refractivity contribution in [2.24, 2.45) is 0 Å². The van der Waals surface area contributed by atoms with Crippen LogP contribution < -0.4 is 5.32 Å². The standard InChI is InChI=1S/C24H34N4O2/c1-6-20-19-12-22-17(18-9-15(14(4)29)10-21(26-20)23(18)19)11-16(13-27(22)5)25-24(30)28(7-2)8-3/h9-10,16-17,22,26H,6-8,11-13H2,1-5H3,(H,25,30)/t16-,17?,22+/m0/s1. The second kappa shape index (κ2) is 8.06. The molecule has 1 aliphatic heterocycles. The van der Waals surface area contributed by atoms with Crippen molar-refractivity contribution in [2.45, 2.75) is 65.0 Å². The van der Waals surface area contributed by atoms with Crippen molar-refractivity contribution in [3.05, 3.63) is 34.5 Å². The molecule has 2 aromatic rings. The largest absolute Gasteiger partial charge is 0.358 e. The number of H-pyrrole nitrogens is 1. The van der Waals surface area contributed by atoms with Gasteiger partial charge in [0.25, 0.3) is 0 Å². The molecule has 0 saturated carbocycles. The Hall–Kier alpha value is -2.34. The number of carbonyl (C=O) groups excluding carboxylic acids is 2. The fourth-order valence-corrected chi connectivity index (χ4v) is 5.56. The molecule has 1 aromatic heterocycles. The second-order valence-electron chi connectivity index (χ2n) is 8.85. The Kier molecular flexibility index (Phi) is 5.62. The third-order valence-electron chi connectivity index (χ3n) is 7.15. The minimum absolute atomic E-state index is 0.0193. The molecule has 162 valence electrons. The Balaban J connectivity index is 1.72. The molecule has 2 heterocycles. The van der Waals surface area contributed by atoms with Crippen molar-refractivity contribution in [1.82, 2.24) is 20.1 Å². The van der Waals surface area contributed by atoms with E-state index in [0.717, 1.165) is 36.9 Å². The van der Waals surface area contributed by atoms with E-state index in [1.54, 1.807) is 6.92 Å². The summed E-state index contributed by atoms with van der Waals surface area (Å²) in [4.78, 5) is 32.7. The maximum atomic E-state index is 12.7. The lowest BCUT2D eigenvalue weighted by Gasteiger charge is -2.46. The van der Waals surface area contributed by atoms with Gasteiger partial charge >= 0.3 is 6.03 Å². The minimum Gasteiger partial charge on any atom is -0.358 e. The van der Waals surface area contributed by atoms with Gasteiger partial charge in [0.05, 0.1) is 0 Å². The molecule has 3 atom stereocenters. The summed E-state index contributed by atoms with van der Waals surface area (Å²) in [5.74, 6) is 0.403. The molecule has 0 bridgehead atoms. The number of hydrogen-bond donors (Lipinski definition) is 2. The number of Topliss-reactive ketones (excluding diaryl/α,β-unsaturated/α-hetero) is 1. The van der Waals surface area contributed by atoms with Crippen LogP contribution in [0.3, 0.4) is 0 Å². The van der Waals surface area contributed by atoms with Crippen LogP contribution in [0, 0.1) is 0 Å². The van der Waals surface area contributed by atoms with Gasteiger partial charge in [-0.3, -0.25) is 4.79 Å². The van der Waals surface area contributed by atoms with Gasteiger partial charge in [0.15, 0.2) is 5.78 Å². The van der Waals surface area contributed by atoms with Crippen LogP contribution in [0.4, 0.5) is 4.79 Å². The minimum atomic E-state index is 0.0193. The molecule has 1 aromatic carbocycles. The monoisotopic (exact) mass is 410 g/mol. The number of likely N-dealkylation sites (tertiary alicyclic amines) is 1. The van der Waals surface area contributed by atoms with Crippen LogP contribution in [0.15, 0.2) is 12.1 Å². The first-order valence-corrected chi connectivity index (χ1v) is 11.3. The smallest absolute Gasteiger partial charge is 0.317 e. The number of urea groups is 1. The highest BCUT2D eigenvalue weighted by atomic mass is 16.2. The van der Waals surface area contributed by atoms with E-state index in [-0.39, 0.29) is 17.9 Å². The number of fused-ring (bicyclic) bond motifs is 2. The lowest BCUT2D eigenvalue weighted by Crippen LogP contribution is -2.56. The zero-order valence-corrected chi connectivity index (χ0v) is 18.8. The van der Waals surface area contributed by atoms with Gasteiger partial charge in [-0.1, -0.05) is 6.92 Å². The van der Waals surface area contributed by atoms with E-state index in [4.69, 9.17) is 0 Å². The summed E-state index contributed by atoms with van der Waals surface area (Å²) in [5, 5.41) is 4.57. The number of aryl methyl sites for hydroxylation is 1. The molecule has 2 amide bonds. The van der Waals surface area contributed by atoms with Gasteiger partial charge < -0.3 is 20.1 Å². The number of nitrogens with one attached hydrogen (secondary N) is 2. The Morgan fingerprint density at radius 2 is 1.97 bits per heavy atom. The maximum Gasteiger partial charge on any atom is 0.317 e. The third-order valence-corrected chi connectivity index (χ3v) is 7.15. The van der Waals surface area contributed by atoms with Crippen LogP contribution in [-0.2, 0) is 12.8 Å². The number of carbonyl (C=O) groups is 2. The number of likely N-dealkylation sites (N-methyl/N-ethyl adjacent to an activating group) is 1. The zero-order chi connectivity index (χ0) is 21.6. The summed E-state index contributed by atoms with van der Waals surface area (Å²) < 4.78 is 0. The molecule has 0 radical (unpaired) electrons. The third kappa shape index (κ3) is 3.41. The maximum absolute atomic E-state index is 12.7. The number of aromatic amines is 1. The first-order valence-electron chi connectivity index (χ1n) is 11.3. The van der Waals surface area contributed by atoms with Crippen LogP contribution in [0.1, 0.15) is 67.2 Å². The van der Waals surface area contributed by atoms with Gasteiger partial charge in [0.1, 0.15) is 0 Å². The summed E-state index contributed by atoms with van der Waals surface area (Å²) in [6.45, 7) is 10.1. The average Bonchev–Trinajstić information content (AvgIpc) is 3.08. The number of aromatic nitrogens is 1. The summed E-state index contributed by atoms with van der Waals surface area (Å²) in [7, 11) is 2.17. The van der Waals surface area contributed by atoms with Crippen molar-refractivity contribution in [3.63, 3.8) is 0 Å². The predicted molar refractivity (Wildman–Crippen MR) is 120 cm³/mol. The number of ketones is 1.